The lowest BCUT2D eigenvalue weighted by Crippen LogP contribution is -2.45. The van der Waals surface area contributed by atoms with Crippen LogP contribution in [0.3, 0.4) is 0 Å². The van der Waals surface area contributed by atoms with Crippen molar-refractivity contribution in [2.24, 2.45) is 10.9 Å². The Hall–Kier alpha value is -1.91. The zero-order valence-electron chi connectivity index (χ0n) is 17.6. The summed E-state index contributed by atoms with van der Waals surface area (Å²) in [6.45, 7) is 4.87. The van der Waals surface area contributed by atoms with Gasteiger partial charge >= 0.3 is 0 Å². The summed E-state index contributed by atoms with van der Waals surface area (Å²) in [7, 11) is 0. The Kier molecular flexibility index (Phi) is 8.29. The van der Waals surface area contributed by atoms with Gasteiger partial charge in [0.05, 0.1) is 0 Å². The van der Waals surface area contributed by atoms with E-state index in [1.54, 1.807) is 0 Å². The first-order valence-corrected chi connectivity index (χ1v) is 10.9. The Labute approximate surface area is 194 Å². The molecule has 0 spiro atoms. The second-order valence-electron chi connectivity index (χ2n) is 7.99. The molecule has 2 fully saturated rings. The summed E-state index contributed by atoms with van der Waals surface area (Å²) in [6, 6.07) is 6.07. The van der Waals surface area contributed by atoms with Gasteiger partial charge in [-0.15, -0.1) is 34.2 Å². The van der Waals surface area contributed by atoms with E-state index in [4.69, 9.17) is 4.99 Å². The summed E-state index contributed by atoms with van der Waals surface area (Å²) < 4.78 is 1.95. The molecule has 0 radical (unpaired) electrons. The molecular weight excluding hydrogens is 493 g/mol. The maximum Gasteiger partial charge on any atom is 0.225 e. The highest BCUT2D eigenvalue weighted by molar-refractivity contribution is 14.0. The fraction of sp³-hybridized carbons (Fsp3) is 0.619. The lowest BCUT2D eigenvalue weighted by atomic mass is 9.88. The number of halogens is 1. The van der Waals surface area contributed by atoms with Crippen LogP contribution in [-0.4, -0.2) is 57.0 Å². The highest BCUT2D eigenvalue weighted by Gasteiger charge is 2.31. The SMILES string of the molecule is CCNC(=NCc1nnc2ccccn12)NC1CCN(C(=O)C2CCCCC2)C1.I. The molecule has 1 saturated heterocycles. The van der Waals surface area contributed by atoms with Gasteiger partial charge in [-0.25, -0.2) is 4.99 Å². The van der Waals surface area contributed by atoms with Crippen LogP contribution in [0.4, 0.5) is 0 Å². The third-order valence-corrected chi connectivity index (χ3v) is 5.90. The standard InChI is InChI=1S/C21H31N7O.HI/c1-2-22-21(23-14-19-26-25-18-10-6-7-12-28(18)19)24-17-11-13-27(15-17)20(29)16-8-4-3-5-9-16;/h6-7,10,12,16-17H,2-5,8-9,11,13-15H2,1H3,(H2,22,23,24);1H. The van der Waals surface area contributed by atoms with Gasteiger partial charge in [-0.2, -0.15) is 0 Å². The van der Waals surface area contributed by atoms with Crippen molar-refractivity contribution >= 4 is 41.5 Å². The molecule has 9 heteroatoms. The van der Waals surface area contributed by atoms with Crippen LogP contribution < -0.4 is 10.6 Å². The number of fused-ring (bicyclic) bond motifs is 1. The third kappa shape index (κ3) is 5.41. The molecule has 2 aromatic rings. The summed E-state index contributed by atoms with van der Waals surface area (Å²) in [5.41, 5.74) is 0.823. The lowest BCUT2D eigenvalue weighted by molar-refractivity contribution is -0.135. The highest BCUT2D eigenvalue weighted by Crippen LogP contribution is 2.26. The number of aliphatic imine (C=N–C) groups is 1. The number of nitrogens with one attached hydrogen (secondary N) is 2. The molecule has 1 amide bonds. The van der Waals surface area contributed by atoms with Crippen molar-refractivity contribution in [2.75, 3.05) is 19.6 Å². The smallest absolute Gasteiger partial charge is 0.225 e. The van der Waals surface area contributed by atoms with Gasteiger partial charge in [0, 0.05) is 37.8 Å². The van der Waals surface area contributed by atoms with Crippen molar-refractivity contribution in [3.05, 3.63) is 30.2 Å². The molecule has 1 aliphatic carbocycles. The van der Waals surface area contributed by atoms with E-state index in [0.29, 0.717) is 12.5 Å². The highest BCUT2D eigenvalue weighted by atomic mass is 127. The number of rotatable bonds is 5. The Morgan fingerprint density at radius 3 is 2.83 bits per heavy atom. The van der Waals surface area contributed by atoms with Crippen LogP contribution in [0.5, 0.6) is 0 Å². The maximum absolute atomic E-state index is 12.8. The number of amides is 1. The Balaban J connectivity index is 0.00000256. The summed E-state index contributed by atoms with van der Waals surface area (Å²) >= 11 is 0. The van der Waals surface area contributed by atoms with Gasteiger partial charge in [-0.1, -0.05) is 25.3 Å². The first-order chi connectivity index (χ1) is 14.2. The molecule has 2 N–H and O–H groups in total. The zero-order valence-corrected chi connectivity index (χ0v) is 19.9. The van der Waals surface area contributed by atoms with E-state index in [0.717, 1.165) is 56.3 Å². The number of pyridine rings is 1. The molecule has 8 nitrogen and oxygen atoms in total. The minimum atomic E-state index is 0. The van der Waals surface area contributed by atoms with E-state index in [-0.39, 0.29) is 35.9 Å². The number of aromatic nitrogens is 3. The van der Waals surface area contributed by atoms with Crippen molar-refractivity contribution in [1.29, 1.82) is 0 Å². The first-order valence-electron chi connectivity index (χ1n) is 10.9. The van der Waals surface area contributed by atoms with E-state index in [1.165, 1.54) is 19.3 Å². The molecule has 3 heterocycles. The van der Waals surface area contributed by atoms with Gasteiger partial charge in [-0.3, -0.25) is 9.20 Å². The molecule has 1 unspecified atom stereocenters. The van der Waals surface area contributed by atoms with E-state index in [1.807, 2.05) is 33.7 Å². The van der Waals surface area contributed by atoms with Crippen LogP contribution in [0.1, 0.15) is 51.3 Å². The third-order valence-electron chi connectivity index (χ3n) is 5.90. The molecule has 1 saturated carbocycles. The normalized spacial score (nSPS) is 20.2. The van der Waals surface area contributed by atoms with Gasteiger partial charge in [-0.05, 0) is 38.3 Å². The molecule has 1 aliphatic heterocycles. The minimum Gasteiger partial charge on any atom is -0.357 e. The van der Waals surface area contributed by atoms with E-state index < -0.39 is 0 Å². The van der Waals surface area contributed by atoms with Crippen molar-refractivity contribution < 1.29 is 4.79 Å². The van der Waals surface area contributed by atoms with Crippen LogP contribution in [0, 0.1) is 5.92 Å². The first kappa shape index (κ1) is 22.8. The molecule has 0 aromatic carbocycles. The molecule has 1 atom stereocenters. The summed E-state index contributed by atoms with van der Waals surface area (Å²) in [4.78, 5) is 19.5. The Bertz CT molecular complexity index is 862. The molecule has 164 valence electrons. The topological polar surface area (TPSA) is 86.9 Å². The van der Waals surface area contributed by atoms with Gasteiger partial charge in [0.1, 0.15) is 6.54 Å². The monoisotopic (exact) mass is 525 g/mol. The van der Waals surface area contributed by atoms with Crippen LogP contribution in [-0.2, 0) is 11.3 Å². The minimum absolute atomic E-state index is 0. The van der Waals surface area contributed by atoms with E-state index in [2.05, 4.69) is 27.8 Å². The molecule has 30 heavy (non-hydrogen) atoms. The average molecular weight is 525 g/mol. The number of carbonyl (C=O) groups is 1. The van der Waals surface area contributed by atoms with Crippen LogP contribution >= 0.6 is 24.0 Å². The summed E-state index contributed by atoms with van der Waals surface area (Å²) in [6.07, 6.45) is 8.69. The number of nitrogens with zero attached hydrogens (tertiary/aromatic N) is 5. The quantitative estimate of drug-likeness (QED) is 0.356. The van der Waals surface area contributed by atoms with Gasteiger partial charge in [0.15, 0.2) is 17.4 Å². The van der Waals surface area contributed by atoms with Gasteiger partial charge < -0.3 is 15.5 Å². The second kappa shape index (κ2) is 10.9. The maximum atomic E-state index is 12.8. The van der Waals surface area contributed by atoms with Crippen molar-refractivity contribution in [1.82, 2.24) is 30.1 Å². The number of hydrogen-bond donors (Lipinski definition) is 2. The molecule has 0 bridgehead atoms. The number of carbonyl (C=O) groups excluding carboxylic acids is 1. The summed E-state index contributed by atoms with van der Waals surface area (Å²) in [5, 5.41) is 15.2. The molecule has 4 rings (SSSR count). The van der Waals surface area contributed by atoms with Gasteiger partial charge in [0.25, 0.3) is 0 Å². The fourth-order valence-electron chi connectivity index (χ4n) is 4.35. The Morgan fingerprint density at radius 1 is 1.20 bits per heavy atom. The van der Waals surface area contributed by atoms with E-state index in [9.17, 15) is 4.79 Å². The lowest BCUT2D eigenvalue weighted by Gasteiger charge is -2.26. The summed E-state index contributed by atoms with van der Waals surface area (Å²) in [5.74, 6) is 2.16. The molecule has 2 aromatic heterocycles. The van der Waals surface area contributed by atoms with Crippen molar-refractivity contribution in [2.45, 2.75) is 58.0 Å². The number of likely N-dealkylation sites (tertiary alicyclic amines) is 1. The largest absolute Gasteiger partial charge is 0.357 e. The van der Waals surface area contributed by atoms with Crippen molar-refractivity contribution in [3.63, 3.8) is 0 Å². The zero-order chi connectivity index (χ0) is 20.1. The average Bonchev–Trinajstić information content (AvgIpc) is 3.39. The van der Waals surface area contributed by atoms with Crippen LogP contribution in [0.25, 0.3) is 5.65 Å². The predicted octanol–water partition coefficient (Wildman–Crippen LogP) is 2.58. The van der Waals surface area contributed by atoms with Crippen molar-refractivity contribution in [3.8, 4) is 0 Å². The van der Waals surface area contributed by atoms with Gasteiger partial charge in [0.2, 0.25) is 5.91 Å². The fourth-order valence-corrected chi connectivity index (χ4v) is 4.35. The van der Waals surface area contributed by atoms with Crippen LogP contribution in [0.2, 0.25) is 0 Å². The van der Waals surface area contributed by atoms with E-state index >= 15 is 0 Å². The number of hydrogen-bond acceptors (Lipinski definition) is 4. The molecule has 2 aliphatic rings. The second-order valence-corrected chi connectivity index (χ2v) is 7.99. The Morgan fingerprint density at radius 2 is 2.03 bits per heavy atom. The molecular formula is C21H32IN7O. The van der Waals surface area contributed by atoms with Crippen LogP contribution in [0.15, 0.2) is 29.4 Å². The number of guanidine groups is 1. The predicted molar refractivity (Wildman–Crippen MR) is 128 cm³/mol.